The highest BCUT2D eigenvalue weighted by Crippen LogP contribution is 2.70. The highest BCUT2D eigenvalue weighted by Gasteiger charge is 2.79. The first-order valence-electron chi connectivity index (χ1n) is 16.9. The Balaban J connectivity index is 1.15. The molecule has 47 heavy (non-hydrogen) atoms. The number of nitrogens with zero attached hydrogens (tertiary/aromatic N) is 3. The molecule has 0 unspecified atom stereocenters. The summed E-state index contributed by atoms with van der Waals surface area (Å²) in [6, 6.07) is 12.1. The Morgan fingerprint density at radius 1 is 0.872 bits per heavy atom. The van der Waals surface area contributed by atoms with Crippen LogP contribution < -0.4 is 0 Å². The van der Waals surface area contributed by atoms with Crippen molar-refractivity contribution in [3.8, 4) is 0 Å². The second kappa shape index (κ2) is 11.9. The first-order chi connectivity index (χ1) is 22.3. The van der Waals surface area contributed by atoms with Gasteiger partial charge in [-0.25, -0.2) is 0 Å². The van der Waals surface area contributed by atoms with E-state index in [1.807, 2.05) is 48.8 Å². The van der Waals surface area contributed by atoms with Crippen LogP contribution in [0.25, 0.3) is 0 Å². The number of hydrogen-bond donors (Lipinski definition) is 1. The van der Waals surface area contributed by atoms with Crippen LogP contribution in [0.15, 0.2) is 71.6 Å². The third-order valence-corrected chi connectivity index (χ3v) is 12.2. The van der Waals surface area contributed by atoms with Crippen molar-refractivity contribution in [2.45, 2.75) is 88.6 Å². The van der Waals surface area contributed by atoms with Crippen molar-refractivity contribution in [3.05, 3.63) is 88.3 Å². The number of halogens is 5. The van der Waals surface area contributed by atoms with Gasteiger partial charge in [-0.1, -0.05) is 36.8 Å². The van der Waals surface area contributed by atoms with Gasteiger partial charge in [0.25, 0.3) is 0 Å². The summed E-state index contributed by atoms with van der Waals surface area (Å²) in [5, 5.41) is 11.5. The average molecular weight is 656 g/mol. The van der Waals surface area contributed by atoms with Crippen LogP contribution in [-0.2, 0) is 17.9 Å². The molecule has 0 radical (unpaired) electrons. The number of alkyl halides is 5. The number of ketones is 1. The van der Waals surface area contributed by atoms with Crippen LogP contribution in [0.3, 0.4) is 0 Å². The summed E-state index contributed by atoms with van der Waals surface area (Å²) in [5.41, 5.74) is 1.53. The number of aliphatic hydroxyl groups is 1. The van der Waals surface area contributed by atoms with E-state index in [9.17, 15) is 23.1 Å². The molecule has 3 fully saturated rings. The molecule has 2 heterocycles. The van der Waals surface area contributed by atoms with Crippen molar-refractivity contribution in [1.29, 1.82) is 0 Å². The predicted octanol–water partition coefficient (Wildman–Crippen LogP) is 7.23. The molecule has 0 bridgehead atoms. The van der Waals surface area contributed by atoms with Crippen molar-refractivity contribution in [2.75, 3.05) is 26.2 Å². The maximum atomic E-state index is 15.3. The molecule has 5 aliphatic rings. The van der Waals surface area contributed by atoms with Crippen molar-refractivity contribution in [1.82, 2.24) is 14.8 Å². The van der Waals surface area contributed by atoms with E-state index >= 15 is 8.78 Å². The maximum Gasteiger partial charge on any atom is 0.456 e. The lowest BCUT2D eigenvalue weighted by Crippen LogP contribution is -2.65. The van der Waals surface area contributed by atoms with Gasteiger partial charge in [-0.15, -0.1) is 0 Å². The van der Waals surface area contributed by atoms with Gasteiger partial charge < -0.3 is 5.11 Å². The topological polar surface area (TPSA) is 56.7 Å². The van der Waals surface area contributed by atoms with E-state index in [2.05, 4.69) is 14.8 Å². The molecular weight excluding hydrogens is 613 g/mol. The van der Waals surface area contributed by atoms with Crippen LogP contribution in [0, 0.1) is 17.3 Å². The standard InChI is InChI=1S/C37H42F5N3O2/c1-34-21-31(26-4-2-24(3-5-26)22-44-16-18-45(19-17-44)23-25-11-14-43-15-12-25)33-29-9-7-28(46)20-27(29)6-8-30(33)32(34)10-13-35(34,47)36(38,39)37(40,41)42/h2-5,11-12,14-15,20,30-32,47H,6-10,13,16-19,21-23H2,1H3/t30-,31+,32-,34-,35-/m0/s1. The molecule has 5 atom stereocenters. The summed E-state index contributed by atoms with van der Waals surface area (Å²) in [4.78, 5) is 21.2. The number of carbonyl (C=O) groups excluding carboxylic acids is 1. The van der Waals surface area contributed by atoms with Crippen LogP contribution >= 0.6 is 0 Å². The van der Waals surface area contributed by atoms with Crippen molar-refractivity contribution >= 4 is 5.78 Å². The van der Waals surface area contributed by atoms with Gasteiger partial charge in [0.2, 0.25) is 0 Å². The van der Waals surface area contributed by atoms with Gasteiger partial charge in [-0.2, -0.15) is 22.0 Å². The fraction of sp³-hybridized carbons (Fsp3) is 0.568. The van der Waals surface area contributed by atoms with E-state index < -0.39 is 41.4 Å². The number of fused-ring (bicyclic) bond motifs is 4. The Kier molecular flexibility index (Phi) is 8.24. The Hall–Kier alpha value is -2.95. The molecule has 252 valence electrons. The second-order valence-electron chi connectivity index (χ2n) is 14.6. The molecule has 10 heteroatoms. The SMILES string of the molecule is C[C@]12C[C@H](c3ccc(CN4CCN(Cc5ccncc5)CC4)cc3)C3=C4CCC(=O)C=C4CC[C@H]3[C@@H]1CC[C@@]2(O)C(F)(F)C(F)(F)F. The summed E-state index contributed by atoms with van der Waals surface area (Å²) in [5.74, 6) is -6.31. The molecule has 4 aliphatic carbocycles. The fourth-order valence-corrected chi connectivity index (χ4v) is 9.68. The quantitative estimate of drug-likeness (QED) is 0.333. The molecule has 2 saturated carbocycles. The van der Waals surface area contributed by atoms with Crippen LogP contribution in [0.4, 0.5) is 22.0 Å². The van der Waals surface area contributed by atoms with Crippen LogP contribution in [0.2, 0.25) is 0 Å². The van der Waals surface area contributed by atoms with Gasteiger partial charge in [0.1, 0.15) is 5.60 Å². The Morgan fingerprint density at radius 2 is 1.49 bits per heavy atom. The molecule has 7 rings (SSSR count). The normalized spacial score (nSPS) is 32.1. The van der Waals surface area contributed by atoms with Crippen molar-refractivity contribution in [3.63, 3.8) is 0 Å². The molecule has 2 aromatic rings. The summed E-state index contributed by atoms with van der Waals surface area (Å²) < 4.78 is 72.1. The molecule has 5 nitrogen and oxygen atoms in total. The molecule has 1 aliphatic heterocycles. The highest BCUT2D eigenvalue weighted by molar-refractivity contribution is 5.93. The van der Waals surface area contributed by atoms with Gasteiger partial charge in [-0.05, 0) is 96.4 Å². The lowest BCUT2D eigenvalue weighted by atomic mass is 9.50. The Bertz CT molecular complexity index is 1560. The summed E-state index contributed by atoms with van der Waals surface area (Å²) in [6.07, 6.45) is 1.08. The first kappa shape index (κ1) is 32.6. The number of allylic oxidation sites excluding steroid dienone is 4. The number of aromatic nitrogens is 1. The lowest BCUT2D eigenvalue weighted by Gasteiger charge is -2.56. The van der Waals surface area contributed by atoms with Gasteiger partial charge in [-0.3, -0.25) is 19.6 Å². The molecular formula is C37H42F5N3O2. The molecule has 1 saturated heterocycles. The minimum absolute atomic E-state index is 0.00478. The summed E-state index contributed by atoms with van der Waals surface area (Å²) in [7, 11) is 0. The zero-order valence-corrected chi connectivity index (χ0v) is 26.7. The largest absolute Gasteiger partial charge is 0.456 e. The maximum absolute atomic E-state index is 15.3. The number of carbonyl (C=O) groups is 1. The van der Waals surface area contributed by atoms with Gasteiger partial charge >= 0.3 is 12.1 Å². The zero-order chi connectivity index (χ0) is 33.2. The molecule has 1 aromatic carbocycles. The minimum Gasteiger partial charge on any atom is -0.383 e. The number of hydrogen-bond acceptors (Lipinski definition) is 5. The van der Waals surface area contributed by atoms with E-state index in [-0.39, 0.29) is 24.5 Å². The summed E-state index contributed by atoms with van der Waals surface area (Å²) in [6.45, 7) is 6.86. The predicted molar refractivity (Wildman–Crippen MR) is 167 cm³/mol. The third kappa shape index (κ3) is 5.48. The number of rotatable bonds is 6. The molecule has 1 aromatic heterocycles. The van der Waals surface area contributed by atoms with E-state index in [1.54, 1.807) is 6.08 Å². The monoisotopic (exact) mass is 655 g/mol. The molecule has 0 amide bonds. The van der Waals surface area contributed by atoms with E-state index in [0.717, 1.165) is 67.1 Å². The van der Waals surface area contributed by atoms with Gasteiger partial charge in [0, 0.05) is 69.4 Å². The third-order valence-electron chi connectivity index (χ3n) is 12.2. The van der Waals surface area contributed by atoms with Gasteiger partial charge in [0.05, 0.1) is 0 Å². The summed E-state index contributed by atoms with van der Waals surface area (Å²) >= 11 is 0. The van der Waals surface area contributed by atoms with E-state index in [1.165, 1.54) is 12.5 Å². The van der Waals surface area contributed by atoms with Gasteiger partial charge in [0.15, 0.2) is 5.78 Å². The van der Waals surface area contributed by atoms with Crippen LogP contribution in [-0.4, -0.2) is 69.6 Å². The minimum atomic E-state index is -5.85. The Labute approximate surface area is 272 Å². The highest BCUT2D eigenvalue weighted by atomic mass is 19.4. The smallest absolute Gasteiger partial charge is 0.383 e. The fourth-order valence-electron chi connectivity index (χ4n) is 9.68. The van der Waals surface area contributed by atoms with Crippen molar-refractivity contribution < 1.29 is 31.9 Å². The molecule has 1 N–H and O–H groups in total. The average Bonchev–Trinajstić information content (AvgIpc) is 3.33. The second-order valence-corrected chi connectivity index (χ2v) is 14.6. The van der Waals surface area contributed by atoms with Crippen molar-refractivity contribution in [2.24, 2.45) is 17.3 Å². The Morgan fingerprint density at radius 3 is 2.11 bits per heavy atom. The number of pyridine rings is 1. The van der Waals surface area contributed by atoms with Crippen LogP contribution in [0.1, 0.15) is 74.5 Å². The zero-order valence-electron chi connectivity index (χ0n) is 26.7. The lowest BCUT2D eigenvalue weighted by molar-refractivity contribution is -0.362. The van der Waals surface area contributed by atoms with Crippen LogP contribution in [0.5, 0.6) is 0 Å². The first-order valence-corrected chi connectivity index (χ1v) is 16.9. The number of piperazine rings is 1. The van der Waals surface area contributed by atoms with E-state index in [4.69, 9.17) is 0 Å². The van der Waals surface area contributed by atoms with E-state index in [0.29, 0.717) is 25.7 Å². The number of benzene rings is 1. The molecule has 0 spiro atoms.